The van der Waals surface area contributed by atoms with Gasteiger partial charge >= 0.3 is 5.97 Å². The Kier molecular flexibility index (Phi) is 8.76. The van der Waals surface area contributed by atoms with Crippen molar-refractivity contribution in [2.45, 2.75) is 25.8 Å². The minimum Gasteiger partial charge on any atom is -0.491 e. The first-order valence-corrected chi connectivity index (χ1v) is 13.5. The summed E-state index contributed by atoms with van der Waals surface area (Å²) in [6.07, 6.45) is -0.00800. The van der Waals surface area contributed by atoms with Gasteiger partial charge in [-0.1, -0.05) is 53.2 Å². The lowest BCUT2D eigenvalue weighted by Gasteiger charge is -2.13. The highest BCUT2D eigenvalue weighted by molar-refractivity contribution is 6.30. The second-order valence-corrected chi connectivity index (χ2v) is 9.87. The SMILES string of the molecule is Cc1noc2c1-c1ccccc1C(c1ccc(Cl)cc1)=N[C@H]2CC(=O)Nc1ccc(OCCOCCC(=O)O)cc1. The van der Waals surface area contributed by atoms with E-state index in [0.717, 1.165) is 33.7 Å². The fourth-order valence-corrected chi connectivity index (χ4v) is 4.74. The van der Waals surface area contributed by atoms with E-state index in [1.165, 1.54) is 0 Å². The number of carbonyl (C=O) groups excluding carboxylic acids is 1. The van der Waals surface area contributed by atoms with Crippen LogP contribution in [0.15, 0.2) is 82.3 Å². The Balaban J connectivity index is 1.31. The van der Waals surface area contributed by atoms with Crippen molar-refractivity contribution >= 4 is 34.9 Å². The van der Waals surface area contributed by atoms with E-state index < -0.39 is 12.0 Å². The molecule has 10 heteroatoms. The van der Waals surface area contributed by atoms with E-state index in [0.29, 0.717) is 22.2 Å². The minimum absolute atomic E-state index is 0.0403. The quantitative estimate of drug-likeness (QED) is 0.208. The molecule has 5 rings (SSSR count). The highest BCUT2D eigenvalue weighted by atomic mass is 35.5. The monoisotopic (exact) mass is 573 g/mol. The third-order valence-corrected chi connectivity index (χ3v) is 6.77. The molecule has 0 radical (unpaired) electrons. The molecule has 0 fully saturated rings. The summed E-state index contributed by atoms with van der Waals surface area (Å²) in [5.41, 5.74) is 5.68. The molecule has 0 bridgehead atoms. The van der Waals surface area contributed by atoms with Crippen molar-refractivity contribution in [3.8, 4) is 16.9 Å². The number of aryl methyl sites for hydroxylation is 1. The zero-order valence-corrected chi connectivity index (χ0v) is 23.1. The number of nitrogens with one attached hydrogen (secondary N) is 1. The van der Waals surface area contributed by atoms with Crippen LogP contribution in [0.5, 0.6) is 5.75 Å². The van der Waals surface area contributed by atoms with Gasteiger partial charge in [0.25, 0.3) is 0 Å². The lowest BCUT2D eigenvalue weighted by Crippen LogP contribution is -2.16. The van der Waals surface area contributed by atoms with Crippen LogP contribution in [-0.4, -0.2) is 47.7 Å². The van der Waals surface area contributed by atoms with Gasteiger partial charge in [0.2, 0.25) is 5.91 Å². The molecule has 2 N–H and O–H groups in total. The number of ether oxygens (including phenoxy) is 2. The Morgan fingerprint density at radius 1 is 0.976 bits per heavy atom. The summed E-state index contributed by atoms with van der Waals surface area (Å²) in [4.78, 5) is 28.8. The molecule has 0 saturated carbocycles. The topological polar surface area (TPSA) is 123 Å². The Bertz CT molecular complexity index is 1560. The normalized spacial score (nSPS) is 13.9. The van der Waals surface area contributed by atoms with Gasteiger partial charge in [0.15, 0.2) is 5.76 Å². The Morgan fingerprint density at radius 3 is 2.44 bits per heavy atom. The number of aliphatic imine (C=N–C) groups is 1. The van der Waals surface area contributed by atoms with Crippen molar-refractivity contribution in [1.29, 1.82) is 0 Å². The molecule has 0 spiro atoms. The van der Waals surface area contributed by atoms with E-state index in [4.69, 9.17) is 35.7 Å². The highest BCUT2D eigenvalue weighted by Gasteiger charge is 2.31. The second-order valence-electron chi connectivity index (χ2n) is 9.43. The fourth-order valence-electron chi connectivity index (χ4n) is 4.61. The maximum absolute atomic E-state index is 13.2. The van der Waals surface area contributed by atoms with Gasteiger partial charge in [-0.05, 0) is 48.9 Å². The largest absolute Gasteiger partial charge is 0.491 e. The summed E-state index contributed by atoms with van der Waals surface area (Å²) < 4.78 is 16.6. The van der Waals surface area contributed by atoms with Crippen LogP contribution in [0, 0.1) is 6.92 Å². The van der Waals surface area contributed by atoms with Crippen molar-refractivity contribution in [3.05, 3.63) is 100 Å². The second kappa shape index (κ2) is 12.8. The van der Waals surface area contributed by atoms with Crippen LogP contribution < -0.4 is 10.1 Å². The van der Waals surface area contributed by atoms with Gasteiger partial charge < -0.3 is 24.4 Å². The van der Waals surface area contributed by atoms with Crippen LogP contribution in [-0.2, 0) is 14.3 Å². The van der Waals surface area contributed by atoms with Crippen LogP contribution in [0.4, 0.5) is 5.69 Å². The van der Waals surface area contributed by atoms with Crippen LogP contribution in [0.25, 0.3) is 11.1 Å². The number of carboxylic acid groups (broad SMARTS) is 1. The number of aromatic nitrogens is 1. The Morgan fingerprint density at radius 2 is 1.71 bits per heavy atom. The molecular weight excluding hydrogens is 546 g/mol. The van der Waals surface area contributed by atoms with Crippen molar-refractivity contribution in [2.24, 2.45) is 4.99 Å². The molecule has 1 amide bonds. The van der Waals surface area contributed by atoms with Gasteiger partial charge in [0, 0.05) is 21.8 Å². The summed E-state index contributed by atoms with van der Waals surface area (Å²) in [6, 6.07) is 21.8. The molecule has 4 aromatic rings. The number of rotatable bonds is 11. The maximum atomic E-state index is 13.2. The molecule has 2 heterocycles. The maximum Gasteiger partial charge on any atom is 0.305 e. The number of aliphatic carboxylic acids is 1. The zero-order valence-electron chi connectivity index (χ0n) is 22.3. The Labute approximate surface area is 241 Å². The third-order valence-electron chi connectivity index (χ3n) is 6.52. The molecule has 1 aliphatic rings. The number of anilines is 1. The molecule has 1 aliphatic heterocycles. The molecule has 0 aliphatic carbocycles. The zero-order chi connectivity index (χ0) is 28.8. The number of hydrogen-bond acceptors (Lipinski definition) is 7. The minimum atomic E-state index is -0.905. The number of amides is 1. The van der Waals surface area contributed by atoms with E-state index >= 15 is 0 Å². The van der Waals surface area contributed by atoms with E-state index in [-0.39, 0.29) is 38.6 Å². The summed E-state index contributed by atoms with van der Waals surface area (Å²) in [6.45, 7) is 2.58. The number of nitrogens with zero attached hydrogens (tertiary/aromatic N) is 2. The average molecular weight is 574 g/mol. The van der Waals surface area contributed by atoms with Crippen molar-refractivity contribution in [3.63, 3.8) is 0 Å². The van der Waals surface area contributed by atoms with Crippen molar-refractivity contribution in [2.75, 3.05) is 25.1 Å². The first kappa shape index (κ1) is 28.1. The standard InChI is InChI=1S/C31H28ClN3O6/c1-19-29-24-4-2-3-5-25(24)30(20-6-8-21(32)9-7-20)34-26(31(29)41-35-19)18-27(36)33-22-10-12-23(13-11-22)40-17-16-39-15-14-28(37)38/h2-13,26H,14-18H2,1H3,(H,33,36)(H,37,38)/t26-/m0/s1. The molecular formula is C31H28ClN3O6. The van der Waals surface area contributed by atoms with Gasteiger partial charge in [-0.15, -0.1) is 0 Å². The van der Waals surface area contributed by atoms with Crippen LogP contribution in [0.1, 0.15) is 41.5 Å². The molecule has 1 atom stereocenters. The molecule has 0 unspecified atom stereocenters. The molecule has 210 valence electrons. The van der Waals surface area contributed by atoms with Gasteiger partial charge in [0.1, 0.15) is 18.4 Å². The lowest BCUT2D eigenvalue weighted by atomic mass is 9.93. The predicted octanol–water partition coefficient (Wildman–Crippen LogP) is 6.09. The molecule has 3 aromatic carbocycles. The van der Waals surface area contributed by atoms with Gasteiger partial charge in [0.05, 0.1) is 43.0 Å². The van der Waals surface area contributed by atoms with Crippen LogP contribution in [0.3, 0.4) is 0 Å². The third kappa shape index (κ3) is 6.82. The predicted molar refractivity (Wildman–Crippen MR) is 155 cm³/mol. The molecule has 41 heavy (non-hydrogen) atoms. The van der Waals surface area contributed by atoms with E-state index in [1.807, 2.05) is 55.5 Å². The first-order valence-electron chi connectivity index (χ1n) is 13.1. The molecule has 1 aromatic heterocycles. The first-order chi connectivity index (χ1) is 19.9. The number of carbonyl (C=O) groups is 2. The van der Waals surface area contributed by atoms with Crippen molar-refractivity contribution < 1.29 is 28.7 Å². The smallest absolute Gasteiger partial charge is 0.305 e. The van der Waals surface area contributed by atoms with Gasteiger partial charge in [-0.25, -0.2) is 0 Å². The highest BCUT2D eigenvalue weighted by Crippen LogP contribution is 2.41. The summed E-state index contributed by atoms with van der Waals surface area (Å²) >= 11 is 6.15. The van der Waals surface area contributed by atoms with Crippen LogP contribution >= 0.6 is 11.6 Å². The van der Waals surface area contributed by atoms with Gasteiger partial charge in [-0.3, -0.25) is 14.6 Å². The van der Waals surface area contributed by atoms with E-state index in [2.05, 4.69) is 10.5 Å². The van der Waals surface area contributed by atoms with Crippen molar-refractivity contribution in [1.82, 2.24) is 5.16 Å². The number of halogens is 1. The number of carboxylic acids is 1. The summed E-state index contributed by atoms with van der Waals surface area (Å²) in [5, 5.41) is 16.4. The number of hydrogen-bond donors (Lipinski definition) is 2. The Hall–Kier alpha value is -4.47. The summed E-state index contributed by atoms with van der Waals surface area (Å²) in [7, 11) is 0. The fraction of sp³-hybridized carbons (Fsp3) is 0.226. The number of fused-ring (bicyclic) bond motifs is 3. The average Bonchev–Trinajstić information content (AvgIpc) is 3.28. The van der Waals surface area contributed by atoms with E-state index in [1.54, 1.807) is 24.3 Å². The summed E-state index contributed by atoms with van der Waals surface area (Å²) in [5.74, 6) is 0.00673. The van der Waals surface area contributed by atoms with Crippen LogP contribution in [0.2, 0.25) is 5.02 Å². The van der Waals surface area contributed by atoms with E-state index in [9.17, 15) is 9.59 Å². The van der Waals surface area contributed by atoms with Gasteiger partial charge in [-0.2, -0.15) is 0 Å². The lowest BCUT2D eigenvalue weighted by molar-refractivity contribution is -0.138. The number of benzene rings is 3. The molecule has 0 saturated heterocycles. The molecule has 9 nitrogen and oxygen atoms in total.